The normalized spacial score (nSPS) is 13.3. The summed E-state index contributed by atoms with van der Waals surface area (Å²) in [5.74, 6) is -0.446. The van der Waals surface area contributed by atoms with Crippen LogP contribution in [0.5, 0.6) is 0 Å². The summed E-state index contributed by atoms with van der Waals surface area (Å²) in [5.41, 5.74) is 0.562. The van der Waals surface area contributed by atoms with E-state index >= 15 is 0 Å². The number of hydrogen-bond acceptors (Lipinski definition) is 5. The van der Waals surface area contributed by atoms with Crippen LogP contribution >= 0.6 is 11.3 Å². The molecule has 0 saturated carbocycles. The lowest BCUT2D eigenvalue weighted by Crippen LogP contribution is -2.26. The molecule has 2 aromatic heterocycles. The van der Waals surface area contributed by atoms with Gasteiger partial charge in [0.2, 0.25) is 10.0 Å². The van der Waals surface area contributed by atoms with Gasteiger partial charge in [0.1, 0.15) is 10.5 Å². The smallest absolute Gasteiger partial charge is 0.345 e. The third kappa shape index (κ3) is 4.90. The summed E-state index contributed by atoms with van der Waals surface area (Å²) in [4.78, 5) is 16.8. The van der Waals surface area contributed by atoms with Crippen molar-refractivity contribution in [2.45, 2.75) is 26.1 Å². The maximum Gasteiger partial charge on any atom is 0.433 e. The summed E-state index contributed by atoms with van der Waals surface area (Å²) in [7, 11) is -3.44. The molecule has 0 radical (unpaired) electrons. The first-order valence-corrected chi connectivity index (χ1v) is 11.4. The number of hydrogen-bond donors (Lipinski definition) is 2. The van der Waals surface area contributed by atoms with Crippen molar-refractivity contribution in [1.82, 2.24) is 10.3 Å². The molecule has 0 aliphatic heterocycles. The zero-order valence-corrected chi connectivity index (χ0v) is 17.8. The van der Waals surface area contributed by atoms with Gasteiger partial charge in [0.05, 0.1) is 17.2 Å². The number of halogens is 3. The van der Waals surface area contributed by atoms with Crippen molar-refractivity contribution in [3.63, 3.8) is 0 Å². The Morgan fingerprint density at radius 3 is 2.53 bits per heavy atom. The minimum atomic E-state index is -4.56. The number of alkyl halides is 3. The van der Waals surface area contributed by atoms with E-state index in [2.05, 4.69) is 15.0 Å². The Morgan fingerprint density at radius 1 is 1.20 bits per heavy atom. The molecule has 0 bridgehead atoms. The molecule has 2 heterocycles. The topological polar surface area (TPSA) is 88.2 Å². The van der Waals surface area contributed by atoms with E-state index in [0.717, 1.165) is 23.7 Å². The van der Waals surface area contributed by atoms with Gasteiger partial charge in [-0.05, 0) is 49.2 Å². The highest BCUT2D eigenvalue weighted by Crippen LogP contribution is 2.34. The molecule has 0 fully saturated rings. The van der Waals surface area contributed by atoms with Crippen LogP contribution in [0, 0.1) is 6.92 Å². The van der Waals surface area contributed by atoms with E-state index in [-0.39, 0.29) is 9.71 Å². The second kappa shape index (κ2) is 7.88. The van der Waals surface area contributed by atoms with Crippen molar-refractivity contribution in [2.75, 3.05) is 11.0 Å². The molecule has 160 valence electrons. The van der Waals surface area contributed by atoms with E-state index in [1.807, 2.05) is 0 Å². The van der Waals surface area contributed by atoms with Crippen molar-refractivity contribution >= 4 is 43.2 Å². The lowest BCUT2D eigenvalue weighted by atomic mass is 10.1. The summed E-state index contributed by atoms with van der Waals surface area (Å²) in [6, 6.07) is 8.30. The second-order valence-electron chi connectivity index (χ2n) is 6.80. The Hall–Kier alpha value is -2.66. The van der Waals surface area contributed by atoms with E-state index in [9.17, 15) is 26.4 Å². The van der Waals surface area contributed by atoms with Crippen LogP contribution in [0.2, 0.25) is 0 Å². The number of amides is 1. The maximum atomic E-state index is 12.9. The van der Waals surface area contributed by atoms with Crippen LogP contribution in [0.1, 0.15) is 39.5 Å². The lowest BCUT2D eigenvalue weighted by molar-refractivity contribution is -0.140. The van der Waals surface area contributed by atoms with Crippen LogP contribution in [0.3, 0.4) is 0 Å². The molecular formula is C19H18F3N3O3S2. The number of anilines is 1. The lowest BCUT2D eigenvalue weighted by Gasteiger charge is -2.15. The highest BCUT2D eigenvalue weighted by atomic mass is 32.2. The van der Waals surface area contributed by atoms with Crippen molar-refractivity contribution < 1.29 is 26.4 Å². The summed E-state index contributed by atoms with van der Waals surface area (Å²) in [6.07, 6.45) is -3.53. The number of fused-ring (bicyclic) bond motifs is 1. The monoisotopic (exact) mass is 457 g/mol. The summed E-state index contributed by atoms with van der Waals surface area (Å²) >= 11 is 0.896. The number of nitrogens with zero attached hydrogens (tertiary/aromatic N) is 1. The Kier molecular flexibility index (Phi) is 5.79. The standard InChI is InChI=1S/C19H18F3N3O3S2/c1-10-14-7-8-15(19(20,21)22)24-18(14)29-16(10)17(26)23-11(2)12-5-4-6-13(9-12)25-30(3,27)28/h4-9,11,25H,1-3H3,(H,23,26). The van der Waals surface area contributed by atoms with Crippen molar-refractivity contribution in [1.29, 1.82) is 0 Å². The van der Waals surface area contributed by atoms with Gasteiger partial charge in [-0.15, -0.1) is 11.3 Å². The zero-order chi connectivity index (χ0) is 22.3. The SMILES string of the molecule is Cc1c(C(=O)NC(C)c2cccc(NS(C)(=O)=O)c2)sc2nc(C(F)(F)F)ccc12. The number of aryl methyl sites for hydroxylation is 1. The number of rotatable bonds is 5. The minimum absolute atomic E-state index is 0.138. The number of benzene rings is 1. The van der Waals surface area contributed by atoms with Crippen LogP contribution in [0.4, 0.5) is 18.9 Å². The molecule has 1 aromatic carbocycles. The molecular weight excluding hydrogens is 439 g/mol. The van der Waals surface area contributed by atoms with Gasteiger partial charge in [0.25, 0.3) is 5.91 Å². The van der Waals surface area contributed by atoms with Crippen molar-refractivity contribution in [3.8, 4) is 0 Å². The van der Waals surface area contributed by atoms with Crippen LogP contribution in [-0.4, -0.2) is 25.6 Å². The molecule has 2 N–H and O–H groups in total. The van der Waals surface area contributed by atoms with Crippen LogP contribution in [0.25, 0.3) is 10.2 Å². The van der Waals surface area contributed by atoms with Crippen LogP contribution in [0.15, 0.2) is 36.4 Å². The maximum absolute atomic E-state index is 12.9. The number of carbonyl (C=O) groups excluding carboxylic acids is 1. The largest absolute Gasteiger partial charge is 0.433 e. The van der Waals surface area contributed by atoms with Gasteiger partial charge in [-0.2, -0.15) is 13.2 Å². The first-order valence-electron chi connectivity index (χ1n) is 8.71. The van der Waals surface area contributed by atoms with Crippen molar-refractivity contribution in [2.24, 2.45) is 0 Å². The molecule has 0 aliphatic carbocycles. The van der Waals surface area contributed by atoms with E-state index in [0.29, 0.717) is 22.2 Å². The number of sulfonamides is 1. The fraction of sp³-hybridized carbons (Fsp3) is 0.263. The van der Waals surface area contributed by atoms with E-state index in [1.54, 1.807) is 38.1 Å². The molecule has 6 nitrogen and oxygen atoms in total. The summed E-state index contributed by atoms with van der Waals surface area (Å²) in [6.45, 7) is 3.38. The molecule has 1 atom stereocenters. The number of thiophene rings is 1. The minimum Gasteiger partial charge on any atom is -0.345 e. The molecule has 0 spiro atoms. The van der Waals surface area contributed by atoms with E-state index < -0.39 is 33.8 Å². The average molecular weight is 457 g/mol. The summed E-state index contributed by atoms with van der Waals surface area (Å²) in [5, 5.41) is 3.28. The molecule has 11 heteroatoms. The highest BCUT2D eigenvalue weighted by molar-refractivity contribution is 7.92. The number of aromatic nitrogens is 1. The first kappa shape index (κ1) is 22.0. The van der Waals surface area contributed by atoms with Gasteiger partial charge in [-0.25, -0.2) is 13.4 Å². The van der Waals surface area contributed by atoms with Gasteiger partial charge in [0.15, 0.2) is 0 Å². The van der Waals surface area contributed by atoms with E-state index in [1.165, 1.54) is 6.07 Å². The highest BCUT2D eigenvalue weighted by Gasteiger charge is 2.33. The number of carbonyl (C=O) groups is 1. The molecule has 0 aliphatic rings. The molecule has 3 aromatic rings. The van der Waals surface area contributed by atoms with E-state index in [4.69, 9.17) is 0 Å². The molecule has 0 saturated heterocycles. The fourth-order valence-electron chi connectivity index (χ4n) is 2.90. The second-order valence-corrected chi connectivity index (χ2v) is 9.55. The third-order valence-corrected chi connectivity index (χ3v) is 6.14. The Morgan fingerprint density at radius 2 is 1.90 bits per heavy atom. The quantitative estimate of drug-likeness (QED) is 0.591. The number of pyridine rings is 1. The van der Waals surface area contributed by atoms with Gasteiger partial charge >= 0.3 is 6.18 Å². The Balaban J connectivity index is 1.84. The zero-order valence-electron chi connectivity index (χ0n) is 16.2. The first-order chi connectivity index (χ1) is 13.8. The Labute approximate surface area is 175 Å². The Bertz CT molecular complexity index is 1220. The molecule has 30 heavy (non-hydrogen) atoms. The number of nitrogens with one attached hydrogen (secondary N) is 2. The van der Waals surface area contributed by atoms with Gasteiger partial charge < -0.3 is 5.32 Å². The van der Waals surface area contributed by atoms with Crippen LogP contribution < -0.4 is 10.0 Å². The molecule has 1 unspecified atom stereocenters. The average Bonchev–Trinajstić information content (AvgIpc) is 2.96. The summed E-state index contributed by atoms with van der Waals surface area (Å²) < 4.78 is 63.9. The van der Waals surface area contributed by atoms with Crippen LogP contribution in [-0.2, 0) is 16.2 Å². The van der Waals surface area contributed by atoms with Gasteiger partial charge in [-0.1, -0.05) is 12.1 Å². The molecule has 1 amide bonds. The van der Waals surface area contributed by atoms with Crippen molar-refractivity contribution in [3.05, 3.63) is 58.1 Å². The third-order valence-electron chi connectivity index (χ3n) is 4.34. The predicted molar refractivity (Wildman–Crippen MR) is 110 cm³/mol. The van der Waals surface area contributed by atoms with Gasteiger partial charge in [0, 0.05) is 11.1 Å². The van der Waals surface area contributed by atoms with Gasteiger partial charge in [-0.3, -0.25) is 9.52 Å². The molecule has 3 rings (SSSR count). The predicted octanol–water partition coefficient (Wildman–Crippen LogP) is 4.49. The fourth-order valence-corrected chi connectivity index (χ4v) is 4.54.